The van der Waals surface area contributed by atoms with Gasteiger partial charge in [-0.15, -0.1) is 0 Å². The number of aliphatic carboxylic acids is 1. The van der Waals surface area contributed by atoms with Crippen LogP contribution in [0.2, 0.25) is 10.0 Å². The Morgan fingerprint density at radius 3 is 2.70 bits per heavy atom. The number of nitrogens with zero attached hydrogens (tertiary/aromatic N) is 1. The lowest BCUT2D eigenvalue weighted by Gasteiger charge is -2.33. The first-order chi connectivity index (χ1) is 10.9. The van der Waals surface area contributed by atoms with E-state index in [1.54, 1.807) is 4.90 Å². The number of hydrogen-bond acceptors (Lipinski definition) is 3. The second kappa shape index (κ2) is 7.88. The van der Waals surface area contributed by atoms with Gasteiger partial charge in [0.2, 0.25) is 0 Å². The highest BCUT2D eigenvalue weighted by atomic mass is 35.5. The van der Waals surface area contributed by atoms with Gasteiger partial charge in [-0.3, -0.25) is 9.59 Å². The van der Waals surface area contributed by atoms with Crippen molar-refractivity contribution >= 4 is 35.1 Å². The average Bonchev–Trinajstić information content (AvgIpc) is 2.54. The highest BCUT2D eigenvalue weighted by Crippen LogP contribution is 2.32. The number of rotatable bonds is 5. The van der Waals surface area contributed by atoms with Gasteiger partial charge in [0.1, 0.15) is 5.75 Å². The van der Waals surface area contributed by atoms with Crippen LogP contribution in [-0.4, -0.2) is 42.1 Å². The van der Waals surface area contributed by atoms with Gasteiger partial charge in [0.15, 0.2) is 0 Å². The van der Waals surface area contributed by atoms with Gasteiger partial charge in [0, 0.05) is 25.6 Å². The van der Waals surface area contributed by atoms with Gasteiger partial charge in [-0.05, 0) is 31.2 Å². The summed E-state index contributed by atoms with van der Waals surface area (Å²) in [7, 11) is 1.47. The zero-order valence-electron chi connectivity index (χ0n) is 12.8. The molecule has 1 aromatic carbocycles. The van der Waals surface area contributed by atoms with Crippen molar-refractivity contribution in [2.24, 2.45) is 5.92 Å². The van der Waals surface area contributed by atoms with E-state index in [1.165, 1.54) is 19.2 Å². The topological polar surface area (TPSA) is 66.8 Å². The number of benzene rings is 1. The Kier molecular flexibility index (Phi) is 6.13. The van der Waals surface area contributed by atoms with Crippen molar-refractivity contribution in [3.05, 3.63) is 27.7 Å². The van der Waals surface area contributed by atoms with E-state index in [-0.39, 0.29) is 18.2 Å². The molecule has 1 fully saturated rings. The Labute approximate surface area is 145 Å². The van der Waals surface area contributed by atoms with Crippen molar-refractivity contribution in [1.82, 2.24) is 4.90 Å². The number of amides is 1. The molecule has 1 aliphatic heterocycles. The molecule has 5 nitrogen and oxygen atoms in total. The number of hydrogen-bond donors (Lipinski definition) is 1. The molecule has 1 unspecified atom stereocenters. The molecule has 0 saturated carbocycles. The zero-order chi connectivity index (χ0) is 17.0. The number of carboxylic acids is 1. The van der Waals surface area contributed by atoms with Crippen molar-refractivity contribution < 1.29 is 19.4 Å². The van der Waals surface area contributed by atoms with E-state index >= 15 is 0 Å². The van der Waals surface area contributed by atoms with E-state index in [9.17, 15) is 9.59 Å². The molecule has 0 spiro atoms. The molecule has 1 saturated heterocycles. The zero-order valence-corrected chi connectivity index (χ0v) is 14.4. The fourth-order valence-corrected chi connectivity index (χ4v) is 3.17. The predicted molar refractivity (Wildman–Crippen MR) is 88.5 cm³/mol. The number of carbonyl (C=O) groups is 2. The third-order valence-corrected chi connectivity index (χ3v) is 4.77. The maximum absolute atomic E-state index is 12.8. The first kappa shape index (κ1) is 17.9. The summed E-state index contributed by atoms with van der Waals surface area (Å²) in [4.78, 5) is 25.2. The molecule has 126 valence electrons. The molecule has 23 heavy (non-hydrogen) atoms. The van der Waals surface area contributed by atoms with Crippen LogP contribution in [0, 0.1) is 5.92 Å². The number of likely N-dealkylation sites (tertiary alicyclic amines) is 1. The fraction of sp³-hybridized carbons (Fsp3) is 0.500. The van der Waals surface area contributed by atoms with E-state index in [1.807, 2.05) is 0 Å². The summed E-state index contributed by atoms with van der Waals surface area (Å²) in [6.45, 7) is 1.20. The lowest BCUT2D eigenvalue weighted by molar-refractivity contribution is -0.137. The molecule has 2 rings (SSSR count). The van der Waals surface area contributed by atoms with Crippen molar-refractivity contribution in [2.45, 2.75) is 25.7 Å². The number of ether oxygens (including phenoxy) is 1. The molecule has 0 aliphatic carbocycles. The summed E-state index contributed by atoms with van der Waals surface area (Å²) in [5.41, 5.74) is 0.376. The third-order valence-electron chi connectivity index (χ3n) is 4.05. The van der Waals surface area contributed by atoms with Gasteiger partial charge in [-0.1, -0.05) is 23.2 Å². The van der Waals surface area contributed by atoms with Crippen molar-refractivity contribution in [2.75, 3.05) is 20.2 Å². The molecule has 1 atom stereocenters. The largest absolute Gasteiger partial charge is 0.496 e. The Bertz CT molecular complexity index is 606. The monoisotopic (exact) mass is 359 g/mol. The normalized spacial score (nSPS) is 17.9. The smallest absolute Gasteiger partial charge is 0.303 e. The standard InChI is InChI=1S/C16H19Cl2NO4/c1-23-14-8-13(18)12(17)7-11(14)16(22)19-6-2-3-10(9-19)4-5-15(20)21/h7-8,10H,2-6,9H2,1H3,(H,20,21). The van der Waals surface area contributed by atoms with E-state index in [4.69, 9.17) is 33.0 Å². The van der Waals surface area contributed by atoms with Gasteiger partial charge >= 0.3 is 5.97 Å². The first-order valence-corrected chi connectivity index (χ1v) is 8.22. The predicted octanol–water partition coefficient (Wildman–Crippen LogP) is 3.72. The van der Waals surface area contributed by atoms with Gasteiger partial charge in [-0.25, -0.2) is 0 Å². The average molecular weight is 360 g/mol. The Morgan fingerprint density at radius 2 is 2.04 bits per heavy atom. The second-order valence-corrected chi connectivity index (χ2v) is 6.47. The fourth-order valence-electron chi connectivity index (χ4n) is 2.85. The minimum atomic E-state index is -0.806. The van der Waals surface area contributed by atoms with E-state index in [0.29, 0.717) is 40.9 Å². The number of methoxy groups -OCH3 is 1. The lowest BCUT2D eigenvalue weighted by atomic mass is 9.93. The van der Waals surface area contributed by atoms with Crippen LogP contribution >= 0.6 is 23.2 Å². The number of piperidine rings is 1. The summed E-state index contributed by atoms with van der Waals surface area (Å²) < 4.78 is 5.23. The number of carbonyl (C=O) groups excluding carboxylic acids is 1. The summed E-state index contributed by atoms with van der Waals surface area (Å²) in [5, 5.41) is 9.43. The Balaban J connectivity index is 2.13. The minimum Gasteiger partial charge on any atom is -0.496 e. The molecule has 0 radical (unpaired) electrons. The lowest BCUT2D eigenvalue weighted by Crippen LogP contribution is -2.40. The SMILES string of the molecule is COc1cc(Cl)c(Cl)cc1C(=O)N1CCCC(CCC(=O)O)C1. The van der Waals surface area contributed by atoms with Crippen molar-refractivity contribution in [3.8, 4) is 5.75 Å². The van der Waals surface area contributed by atoms with Crippen LogP contribution in [0.15, 0.2) is 12.1 Å². The van der Waals surface area contributed by atoms with Crippen LogP contribution in [0.4, 0.5) is 0 Å². The number of carboxylic acid groups (broad SMARTS) is 1. The first-order valence-electron chi connectivity index (χ1n) is 7.46. The Morgan fingerprint density at radius 1 is 1.35 bits per heavy atom. The quantitative estimate of drug-likeness (QED) is 0.869. The minimum absolute atomic E-state index is 0.128. The van der Waals surface area contributed by atoms with Gasteiger partial charge in [-0.2, -0.15) is 0 Å². The Hall–Kier alpha value is -1.46. The maximum Gasteiger partial charge on any atom is 0.303 e. The van der Waals surface area contributed by atoms with Crippen LogP contribution in [0.3, 0.4) is 0 Å². The molecule has 0 bridgehead atoms. The highest BCUT2D eigenvalue weighted by Gasteiger charge is 2.27. The second-order valence-electron chi connectivity index (χ2n) is 5.66. The molecule has 1 aromatic rings. The van der Waals surface area contributed by atoms with Crippen LogP contribution < -0.4 is 4.74 Å². The van der Waals surface area contributed by atoms with E-state index in [2.05, 4.69) is 0 Å². The summed E-state index contributed by atoms with van der Waals surface area (Å²) in [5.74, 6) is -0.380. The van der Waals surface area contributed by atoms with E-state index in [0.717, 1.165) is 12.8 Å². The van der Waals surface area contributed by atoms with Crippen molar-refractivity contribution in [1.29, 1.82) is 0 Å². The van der Waals surface area contributed by atoms with E-state index < -0.39 is 5.97 Å². The number of halogens is 2. The van der Waals surface area contributed by atoms with Crippen LogP contribution in [0.5, 0.6) is 5.75 Å². The molecule has 1 amide bonds. The van der Waals surface area contributed by atoms with Gasteiger partial charge in [0.25, 0.3) is 5.91 Å². The van der Waals surface area contributed by atoms with Crippen molar-refractivity contribution in [3.63, 3.8) is 0 Å². The van der Waals surface area contributed by atoms with Gasteiger partial charge in [0.05, 0.1) is 22.7 Å². The molecule has 0 aromatic heterocycles. The summed E-state index contributed by atoms with van der Waals surface area (Å²) in [6, 6.07) is 3.05. The van der Waals surface area contributed by atoms with Crippen LogP contribution in [-0.2, 0) is 4.79 Å². The molecule has 1 N–H and O–H groups in total. The third kappa shape index (κ3) is 4.52. The molecular formula is C16H19Cl2NO4. The van der Waals surface area contributed by atoms with Gasteiger partial charge < -0.3 is 14.7 Å². The summed E-state index contributed by atoms with van der Waals surface area (Å²) >= 11 is 12.0. The summed E-state index contributed by atoms with van der Waals surface area (Å²) in [6.07, 6.45) is 2.51. The van der Waals surface area contributed by atoms with Crippen LogP contribution in [0.1, 0.15) is 36.0 Å². The van der Waals surface area contributed by atoms with Crippen LogP contribution in [0.25, 0.3) is 0 Å². The highest BCUT2D eigenvalue weighted by molar-refractivity contribution is 6.42. The molecule has 1 aliphatic rings. The maximum atomic E-state index is 12.8. The molecule has 1 heterocycles. The molecular weight excluding hydrogens is 341 g/mol. The molecule has 7 heteroatoms.